The Bertz CT molecular complexity index is 1540. The zero-order valence-corrected chi connectivity index (χ0v) is 22.8. The van der Waals surface area contributed by atoms with Crippen LogP contribution in [0.4, 0.5) is 0 Å². The Labute approximate surface area is 224 Å². The van der Waals surface area contributed by atoms with Crippen molar-refractivity contribution in [1.29, 1.82) is 0 Å². The van der Waals surface area contributed by atoms with Crippen LogP contribution in [0.25, 0.3) is 0 Å². The number of amides is 1. The standard InChI is InChI=1S/C30H30N2O5S/c1-17-11-14-22-28(2,3)25(32-36-5)21(38(35)19-9-7-6-8-10-19)16-30(22)29(17,4)15-18-12-13-20-23(24(18)37-30)27(34)31-26(20)33/h6-14,16,27,34H,15H2,1-5H3,(H,31,33). The number of oxime groups is 1. The number of fused-ring (bicyclic) bond motifs is 3. The molecule has 1 amide bonds. The highest BCUT2D eigenvalue weighted by Crippen LogP contribution is 2.62. The van der Waals surface area contributed by atoms with Gasteiger partial charge in [0.2, 0.25) is 0 Å². The Kier molecular flexibility index (Phi) is 5.39. The molecule has 2 aromatic carbocycles. The van der Waals surface area contributed by atoms with Crippen molar-refractivity contribution in [3.63, 3.8) is 0 Å². The molecule has 0 fully saturated rings. The van der Waals surface area contributed by atoms with E-state index in [9.17, 15) is 14.1 Å². The lowest BCUT2D eigenvalue weighted by molar-refractivity contribution is 0.00711. The minimum atomic E-state index is -1.57. The number of rotatable bonds is 3. The van der Waals surface area contributed by atoms with Gasteiger partial charge in [-0.1, -0.05) is 67.9 Å². The van der Waals surface area contributed by atoms with E-state index < -0.39 is 33.5 Å². The van der Waals surface area contributed by atoms with Crippen LogP contribution in [-0.4, -0.2) is 33.6 Å². The summed E-state index contributed by atoms with van der Waals surface area (Å²) in [4.78, 5) is 19.0. The average molecular weight is 531 g/mol. The summed E-state index contributed by atoms with van der Waals surface area (Å²) in [6.07, 6.45) is 5.57. The summed E-state index contributed by atoms with van der Waals surface area (Å²) in [5.74, 6) is 0.163. The maximum atomic E-state index is 14.2. The van der Waals surface area contributed by atoms with Gasteiger partial charge in [-0.25, -0.2) is 4.21 Å². The quantitative estimate of drug-likeness (QED) is 0.560. The maximum Gasteiger partial charge on any atom is 0.254 e. The molecule has 0 saturated heterocycles. The summed E-state index contributed by atoms with van der Waals surface area (Å²) in [7, 11) is -0.0868. The van der Waals surface area contributed by atoms with Crippen molar-refractivity contribution in [2.45, 2.75) is 50.8 Å². The molecule has 8 heteroatoms. The van der Waals surface area contributed by atoms with E-state index in [1.165, 1.54) is 7.11 Å². The van der Waals surface area contributed by atoms with Crippen molar-refractivity contribution in [2.24, 2.45) is 16.0 Å². The van der Waals surface area contributed by atoms with Crippen molar-refractivity contribution in [3.8, 4) is 5.75 Å². The van der Waals surface area contributed by atoms with E-state index in [4.69, 9.17) is 9.57 Å². The molecule has 196 valence electrons. The van der Waals surface area contributed by atoms with Crippen LogP contribution in [0.15, 0.2) is 86.8 Å². The number of benzene rings is 2. The number of hydrogen-bond donors (Lipinski definition) is 2. The first kappa shape index (κ1) is 24.8. The highest BCUT2D eigenvalue weighted by molar-refractivity contribution is 7.90. The number of nitrogens with one attached hydrogen (secondary N) is 1. The molecule has 4 atom stereocenters. The van der Waals surface area contributed by atoms with Gasteiger partial charge in [0, 0.05) is 15.7 Å². The lowest BCUT2D eigenvalue weighted by Crippen LogP contribution is -2.62. The number of carbonyl (C=O) groups excluding carboxylic acids is 1. The molecule has 4 aliphatic rings. The molecular formula is C30H30N2O5S. The fourth-order valence-electron chi connectivity index (χ4n) is 6.42. The van der Waals surface area contributed by atoms with Gasteiger partial charge in [-0.05, 0) is 48.8 Å². The second kappa shape index (κ2) is 8.25. The topological polar surface area (TPSA) is 97.2 Å². The molecule has 2 aliphatic carbocycles. The zero-order chi connectivity index (χ0) is 27.0. The van der Waals surface area contributed by atoms with Crippen molar-refractivity contribution < 1.29 is 23.7 Å². The molecule has 2 aromatic rings. The van der Waals surface area contributed by atoms with E-state index in [1.807, 2.05) is 56.3 Å². The molecule has 1 spiro atoms. The highest BCUT2D eigenvalue weighted by atomic mass is 32.2. The number of aliphatic hydroxyl groups is 1. The molecule has 0 radical (unpaired) electrons. The molecule has 38 heavy (non-hydrogen) atoms. The zero-order valence-electron chi connectivity index (χ0n) is 22.0. The first-order valence-electron chi connectivity index (χ1n) is 12.6. The molecule has 2 heterocycles. The van der Waals surface area contributed by atoms with Gasteiger partial charge in [0.1, 0.15) is 18.6 Å². The van der Waals surface area contributed by atoms with Gasteiger partial charge in [0.05, 0.1) is 26.8 Å². The van der Waals surface area contributed by atoms with Crippen LogP contribution in [0.5, 0.6) is 5.75 Å². The second-order valence-electron chi connectivity index (χ2n) is 11.0. The van der Waals surface area contributed by atoms with E-state index in [2.05, 4.69) is 36.5 Å². The van der Waals surface area contributed by atoms with E-state index in [0.717, 1.165) is 16.7 Å². The number of carbonyl (C=O) groups is 1. The third-order valence-electron chi connectivity index (χ3n) is 8.63. The Morgan fingerprint density at radius 1 is 1.13 bits per heavy atom. The minimum Gasteiger partial charge on any atom is -0.477 e. The molecular weight excluding hydrogens is 500 g/mol. The van der Waals surface area contributed by atoms with Crippen LogP contribution in [0, 0.1) is 10.8 Å². The number of hydrogen-bond acceptors (Lipinski definition) is 6. The fourth-order valence-corrected chi connectivity index (χ4v) is 7.82. The third kappa shape index (κ3) is 3.13. The van der Waals surface area contributed by atoms with Crippen molar-refractivity contribution >= 4 is 22.4 Å². The van der Waals surface area contributed by atoms with Gasteiger partial charge in [-0.2, -0.15) is 0 Å². The van der Waals surface area contributed by atoms with Crippen LogP contribution < -0.4 is 10.1 Å². The molecule has 2 aliphatic heterocycles. The Morgan fingerprint density at radius 3 is 2.58 bits per heavy atom. The average Bonchev–Trinajstić information content (AvgIpc) is 3.18. The minimum absolute atomic E-state index is 0.333. The van der Waals surface area contributed by atoms with Crippen LogP contribution in [0.3, 0.4) is 0 Å². The van der Waals surface area contributed by atoms with Crippen LogP contribution in [0.1, 0.15) is 55.4 Å². The molecule has 0 aromatic heterocycles. The van der Waals surface area contributed by atoms with E-state index in [0.29, 0.717) is 38.8 Å². The van der Waals surface area contributed by atoms with Gasteiger partial charge in [-0.3, -0.25) is 4.79 Å². The van der Waals surface area contributed by atoms with Gasteiger partial charge < -0.3 is 20.0 Å². The Morgan fingerprint density at radius 2 is 1.87 bits per heavy atom. The molecule has 2 N–H and O–H groups in total. The maximum absolute atomic E-state index is 14.2. The first-order valence-corrected chi connectivity index (χ1v) is 13.8. The number of nitrogens with zero attached hydrogens (tertiary/aromatic N) is 1. The lowest BCUT2D eigenvalue weighted by Gasteiger charge is -2.58. The summed E-state index contributed by atoms with van der Waals surface area (Å²) >= 11 is 0. The largest absolute Gasteiger partial charge is 0.477 e. The van der Waals surface area contributed by atoms with E-state index in [1.54, 1.807) is 6.07 Å². The summed E-state index contributed by atoms with van der Waals surface area (Å²) < 4.78 is 21.2. The van der Waals surface area contributed by atoms with Crippen LogP contribution in [-0.2, 0) is 22.1 Å². The van der Waals surface area contributed by atoms with E-state index >= 15 is 0 Å². The normalized spacial score (nSPS) is 30.4. The summed E-state index contributed by atoms with van der Waals surface area (Å²) in [6.45, 7) is 8.33. The first-order chi connectivity index (χ1) is 18.0. The predicted octanol–water partition coefficient (Wildman–Crippen LogP) is 4.72. The van der Waals surface area contributed by atoms with E-state index in [-0.39, 0.29) is 5.91 Å². The van der Waals surface area contributed by atoms with Crippen molar-refractivity contribution in [2.75, 3.05) is 7.11 Å². The third-order valence-corrected chi connectivity index (χ3v) is 10.0. The molecule has 6 rings (SSSR count). The van der Waals surface area contributed by atoms with Gasteiger partial charge in [0.25, 0.3) is 5.91 Å². The molecule has 0 saturated carbocycles. The Balaban J connectivity index is 1.66. The fraction of sp³-hybridized carbons (Fsp3) is 0.333. The summed E-state index contributed by atoms with van der Waals surface area (Å²) in [5, 5.41) is 17.8. The monoisotopic (exact) mass is 530 g/mol. The molecule has 7 nitrogen and oxygen atoms in total. The second-order valence-corrected chi connectivity index (χ2v) is 12.5. The predicted molar refractivity (Wildman–Crippen MR) is 145 cm³/mol. The molecule has 0 bridgehead atoms. The molecule has 4 unspecified atom stereocenters. The lowest BCUT2D eigenvalue weighted by atomic mass is 9.52. The number of aliphatic hydroxyl groups excluding tert-OH is 1. The van der Waals surface area contributed by atoms with Gasteiger partial charge >= 0.3 is 0 Å². The van der Waals surface area contributed by atoms with Crippen LogP contribution in [0.2, 0.25) is 0 Å². The number of allylic oxidation sites excluding steroid dienone is 3. The summed E-state index contributed by atoms with van der Waals surface area (Å²) in [5.41, 5.74) is 2.09. The smallest absolute Gasteiger partial charge is 0.254 e. The number of ether oxygens (including phenoxy) is 1. The highest BCUT2D eigenvalue weighted by Gasteiger charge is 2.63. The van der Waals surface area contributed by atoms with Crippen molar-refractivity contribution in [3.05, 3.63) is 93.4 Å². The Hall–Kier alpha value is -3.49. The van der Waals surface area contributed by atoms with Crippen LogP contribution >= 0.6 is 0 Å². The van der Waals surface area contributed by atoms with Gasteiger partial charge in [0.15, 0.2) is 11.8 Å². The van der Waals surface area contributed by atoms with Crippen molar-refractivity contribution in [1.82, 2.24) is 5.32 Å². The summed E-state index contributed by atoms with van der Waals surface area (Å²) in [6, 6.07) is 12.9. The SMILES string of the molecule is CON=C1C(S(=O)c2ccccc2)=CC23Oc4c(ccc5c4C(O)NC5=O)CC2(C)C(C)=CC=C3C1(C)C. The van der Waals surface area contributed by atoms with Gasteiger partial charge in [-0.15, -0.1) is 0 Å².